The molecule has 4 atom stereocenters. The number of amides is 1. The van der Waals surface area contributed by atoms with E-state index in [9.17, 15) is 9.18 Å². The monoisotopic (exact) mass is 409 g/mol. The molecule has 5 aliphatic rings. The van der Waals surface area contributed by atoms with E-state index in [1.807, 2.05) is 11.8 Å². The van der Waals surface area contributed by atoms with Gasteiger partial charge in [0.25, 0.3) is 0 Å². The number of carbonyl (C=O) groups excluding carboxylic acids is 1. The zero-order valence-electron chi connectivity index (χ0n) is 16.0. The SMILES string of the molecule is Cc1nsc(C2=NC3CC3C=C3C4CCC(C(=O)N4Cc4ccc(F)cc4)N32)n1. The molecule has 2 bridgehead atoms. The first-order chi connectivity index (χ1) is 14.1. The molecule has 6 nitrogen and oxygen atoms in total. The Labute approximate surface area is 171 Å². The third-order valence-corrected chi connectivity index (χ3v) is 7.08. The van der Waals surface area contributed by atoms with E-state index < -0.39 is 0 Å². The first kappa shape index (κ1) is 17.3. The molecule has 4 fully saturated rings. The molecule has 4 aliphatic heterocycles. The van der Waals surface area contributed by atoms with Gasteiger partial charge in [-0.2, -0.15) is 4.37 Å². The van der Waals surface area contributed by atoms with Gasteiger partial charge in [-0.1, -0.05) is 18.2 Å². The number of rotatable bonds is 3. The van der Waals surface area contributed by atoms with Crippen LogP contribution < -0.4 is 0 Å². The van der Waals surface area contributed by atoms with E-state index in [0.29, 0.717) is 12.5 Å². The maximum atomic E-state index is 13.4. The molecule has 0 spiro atoms. The van der Waals surface area contributed by atoms with E-state index in [-0.39, 0.29) is 29.8 Å². The van der Waals surface area contributed by atoms with Gasteiger partial charge in [-0.25, -0.2) is 9.37 Å². The van der Waals surface area contributed by atoms with Gasteiger partial charge in [-0.3, -0.25) is 9.79 Å². The first-order valence-electron chi connectivity index (χ1n) is 10.0. The number of carbonyl (C=O) groups is 1. The van der Waals surface area contributed by atoms with Crippen molar-refractivity contribution >= 4 is 23.3 Å². The van der Waals surface area contributed by atoms with Crippen LogP contribution in [0.25, 0.3) is 0 Å². The van der Waals surface area contributed by atoms with Crippen LogP contribution in [0, 0.1) is 18.7 Å². The highest BCUT2D eigenvalue weighted by atomic mass is 32.1. The summed E-state index contributed by atoms with van der Waals surface area (Å²) in [6.07, 6.45) is 5.14. The van der Waals surface area contributed by atoms with Crippen molar-refractivity contribution < 1.29 is 9.18 Å². The summed E-state index contributed by atoms with van der Waals surface area (Å²) in [6, 6.07) is 6.49. The number of piperidine rings is 2. The van der Waals surface area contributed by atoms with Crippen LogP contribution in [-0.4, -0.2) is 49.0 Å². The smallest absolute Gasteiger partial charge is 0.246 e. The Morgan fingerprint density at radius 2 is 2.00 bits per heavy atom. The molecule has 2 aromatic rings. The molecule has 5 heterocycles. The van der Waals surface area contributed by atoms with Crippen molar-refractivity contribution in [3.8, 4) is 0 Å². The normalized spacial score (nSPS) is 29.8. The fourth-order valence-electron chi connectivity index (χ4n) is 4.78. The quantitative estimate of drug-likeness (QED) is 0.782. The van der Waals surface area contributed by atoms with E-state index in [1.165, 1.54) is 29.4 Å². The molecular weight excluding hydrogens is 389 g/mol. The highest BCUT2D eigenvalue weighted by Gasteiger charge is 2.53. The number of halogens is 1. The number of benzene rings is 1. The Morgan fingerprint density at radius 1 is 1.21 bits per heavy atom. The Bertz CT molecular complexity index is 1060. The average molecular weight is 409 g/mol. The minimum atomic E-state index is -0.258. The van der Waals surface area contributed by atoms with Gasteiger partial charge >= 0.3 is 0 Å². The molecule has 4 unspecified atom stereocenters. The van der Waals surface area contributed by atoms with E-state index in [0.717, 1.165) is 41.5 Å². The van der Waals surface area contributed by atoms with Crippen LogP contribution in [0.2, 0.25) is 0 Å². The molecule has 1 aliphatic carbocycles. The van der Waals surface area contributed by atoms with Crippen molar-refractivity contribution in [1.82, 2.24) is 19.2 Å². The van der Waals surface area contributed by atoms with Gasteiger partial charge < -0.3 is 9.80 Å². The highest BCUT2D eigenvalue weighted by Crippen LogP contribution is 2.46. The molecule has 29 heavy (non-hydrogen) atoms. The number of piperazine rings is 1. The van der Waals surface area contributed by atoms with E-state index in [4.69, 9.17) is 4.99 Å². The Balaban J connectivity index is 1.38. The third-order valence-electron chi connectivity index (χ3n) is 6.28. The number of aromatic nitrogens is 2. The molecular formula is C21H20FN5OS. The summed E-state index contributed by atoms with van der Waals surface area (Å²) >= 11 is 1.35. The second kappa shape index (κ2) is 6.19. The van der Waals surface area contributed by atoms with Crippen LogP contribution in [0.1, 0.15) is 35.7 Å². The van der Waals surface area contributed by atoms with Gasteiger partial charge in [0.2, 0.25) is 5.91 Å². The van der Waals surface area contributed by atoms with Crippen LogP contribution >= 0.6 is 11.5 Å². The predicted octanol–water partition coefficient (Wildman–Crippen LogP) is 2.89. The molecule has 1 amide bonds. The van der Waals surface area contributed by atoms with Crippen LogP contribution in [0.3, 0.4) is 0 Å². The molecule has 3 saturated heterocycles. The van der Waals surface area contributed by atoms with Gasteiger partial charge in [0.1, 0.15) is 17.7 Å². The van der Waals surface area contributed by atoms with Crippen molar-refractivity contribution in [2.45, 2.75) is 50.9 Å². The summed E-state index contributed by atoms with van der Waals surface area (Å²) in [7, 11) is 0. The molecule has 0 N–H and O–H groups in total. The first-order valence-corrected chi connectivity index (χ1v) is 10.8. The highest BCUT2D eigenvalue weighted by molar-refractivity contribution is 7.07. The number of aliphatic imine (C=N–C) groups is 1. The Morgan fingerprint density at radius 3 is 2.76 bits per heavy atom. The zero-order valence-corrected chi connectivity index (χ0v) is 16.8. The number of nitrogens with zero attached hydrogens (tertiary/aromatic N) is 5. The average Bonchev–Trinajstić information content (AvgIpc) is 3.34. The summed E-state index contributed by atoms with van der Waals surface area (Å²) in [6.45, 7) is 2.38. The fourth-order valence-corrected chi connectivity index (χ4v) is 5.44. The number of aryl methyl sites for hydroxylation is 1. The van der Waals surface area contributed by atoms with Crippen LogP contribution in [0.15, 0.2) is 41.0 Å². The molecule has 7 rings (SSSR count). The molecule has 1 saturated carbocycles. The largest absolute Gasteiger partial charge is 0.328 e. The number of hydrogen-bond acceptors (Lipinski definition) is 6. The van der Waals surface area contributed by atoms with Crippen molar-refractivity contribution in [1.29, 1.82) is 0 Å². The van der Waals surface area contributed by atoms with Crippen LogP contribution in [0.5, 0.6) is 0 Å². The lowest BCUT2D eigenvalue weighted by Gasteiger charge is -2.52. The van der Waals surface area contributed by atoms with Crippen molar-refractivity contribution in [3.05, 3.63) is 58.3 Å². The molecule has 0 radical (unpaired) electrons. The lowest BCUT2D eigenvalue weighted by molar-refractivity contribution is -0.146. The summed E-state index contributed by atoms with van der Waals surface area (Å²) in [5, 5.41) is 0.798. The van der Waals surface area contributed by atoms with Gasteiger partial charge in [0.15, 0.2) is 10.8 Å². The van der Waals surface area contributed by atoms with Crippen molar-refractivity contribution in [3.63, 3.8) is 0 Å². The Hall–Kier alpha value is -2.61. The Kier molecular flexibility index (Phi) is 3.69. The van der Waals surface area contributed by atoms with Crippen molar-refractivity contribution in [2.24, 2.45) is 10.9 Å². The lowest BCUT2D eigenvalue weighted by Crippen LogP contribution is -2.65. The summed E-state index contributed by atoms with van der Waals surface area (Å²) in [5.41, 5.74) is 2.13. The predicted molar refractivity (Wildman–Crippen MR) is 107 cm³/mol. The van der Waals surface area contributed by atoms with E-state index in [2.05, 4.69) is 20.3 Å². The maximum absolute atomic E-state index is 13.4. The topological polar surface area (TPSA) is 61.7 Å². The second-order valence-corrected chi connectivity index (χ2v) is 8.98. The number of hydrogen-bond donors (Lipinski definition) is 0. The lowest BCUT2D eigenvalue weighted by atomic mass is 9.86. The minimum Gasteiger partial charge on any atom is -0.328 e. The molecule has 8 heteroatoms. The van der Waals surface area contributed by atoms with Gasteiger partial charge in [0.05, 0.1) is 12.1 Å². The van der Waals surface area contributed by atoms with Crippen LogP contribution in [-0.2, 0) is 11.3 Å². The summed E-state index contributed by atoms with van der Waals surface area (Å²) in [5.74, 6) is 1.86. The van der Waals surface area contributed by atoms with Gasteiger partial charge in [-0.05, 0) is 55.4 Å². The summed E-state index contributed by atoms with van der Waals surface area (Å²) in [4.78, 5) is 27.1. The summed E-state index contributed by atoms with van der Waals surface area (Å²) < 4.78 is 17.6. The van der Waals surface area contributed by atoms with E-state index in [1.54, 1.807) is 12.1 Å². The fraction of sp³-hybridized carbons (Fsp3) is 0.429. The molecule has 148 valence electrons. The molecule has 1 aromatic carbocycles. The number of amidine groups is 1. The maximum Gasteiger partial charge on any atom is 0.246 e. The zero-order chi connectivity index (χ0) is 19.7. The standard InChI is InChI=1S/C21H20FN5OS/c1-11-23-20(29-25-11)19-24-15-8-13(15)9-18-16-6-7-17(27(18)19)21(28)26(16)10-12-2-4-14(22)5-3-12/h2-5,9,13,15-17H,6-8,10H2,1H3. The minimum absolute atomic E-state index is 0.0242. The van der Waals surface area contributed by atoms with Gasteiger partial charge in [-0.15, -0.1) is 0 Å². The van der Waals surface area contributed by atoms with Crippen LogP contribution in [0.4, 0.5) is 4.39 Å². The third kappa shape index (κ3) is 2.73. The van der Waals surface area contributed by atoms with Gasteiger partial charge in [0, 0.05) is 18.2 Å². The molecule has 1 aromatic heterocycles. The number of fused-ring (bicyclic) bond motifs is 3. The van der Waals surface area contributed by atoms with Crippen molar-refractivity contribution in [2.75, 3.05) is 0 Å². The van der Waals surface area contributed by atoms with E-state index >= 15 is 0 Å². The second-order valence-electron chi connectivity index (χ2n) is 8.23.